The molecule has 2 saturated heterocycles. The fraction of sp³-hybridized carbons (Fsp3) is 0.579. The molecule has 2 aliphatic rings. The first-order chi connectivity index (χ1) is 16.0. The maximum atomic E-state index is 11.6. The summed E-state index contributed by atoms with van der Waals surface area (Å²) in [5.41, 5.74) is -1.96. The number of aromatic nitrogens is 4. The summed E-state index contributed by atoms with van der Waals surface area (Å²) >= 11 is 3.65. The molecule has 188 valence electrons. The zero-order valence-electron chi connectivity index (χ0n) is 17.9. The topological polar surface area (TPSA) is 189 Å². The first-order valence-corrected chi connectivity index (χ1v) is 12.5. The number of H-pyrrole nitrogens is 2. The molecule has 15 heteroatoms. The maximum absolute atomic E-state index is 11.6. The molecule has 6 unspecified atom stereocenters. The van der Waals surface area contributed by atoms with Gasteiger partial charge in [0.15, 0.2) is 0 Å². The van der Waals surface area contributed by atoms with E-state index in [1.165, 1.54) is 21.5 Å². The van der Waals surface area contributed by atoms with E-state index < -0.39 is 53.3 Å². The number of nitrogens with zero attached hydrogens (tertiary/aromatic N) is 2. The first kappa shape index (κ1) is 27.2. The summed E-state index contributed by atoms with van der Waals surface area (Å²) in [6, 6.07) is 0. The van der Waals surface area contributed by atoms with Gasteiger partial charge in [0.1, 0.15) is 18.6 Å². The molecule has 4 heterocycles. The van der Waals surface area contributed by atoms with Crippen molar-refractivity contribution in [1.82, 2.24) is 19.1 Å². The zero-order chi connectivity index (χ0) is 25.2. The van der Waals surface area contributed by atoms with Gasteiger partial charge >= 0.3 is 11.4 Å². The van der Waals surface area contributed by atoms with Crippen molar-refractivity contribution in [2.24, 2.45) is 0 Å². The number of ether oxygens (including phenoxy) is 2. The molecule has 2 fully saturated rings. The average Bonchev–Trinajstić information content (AvgIpc) is 3.35. The Morgan fingerprint density at radius 1 is 0.882 bits per heavy atom. The van der Waals surface area contributed by atoms with Gasteiger partial charge in [-0.25, -0.2) is 9.59 Å². The largest absolute Gasteiger partial charge is 0.394 e. The molecule has 0 amide bonds. The lowest BCUT2D eigenvalue weighted by molar-refractivity contribution is -0.0459. The summed E-state index contributed by atoms with van der Waals surface area (Å²) in [7, 11) is 0. The molecule has 6 atom stereocenters. The summed E-state index contributed by atoms with van der Waals surface area (Å²) < 4.78 is 14.2. The van der Waals surface area contributed by atoms with Crippen LogP contribution in [0, 0.1) is 7.14 Å². The first-order valence-electron chi connectivity index (χ1n) is 10.4. The minimum atomic E-state index is -0.818. The number of rotatable bonds is 4. The minimum absolute atomic E-state index is 0.202. The summed E-state index contributed by atoms with van der Waals surface area (Å²) in [4.78, 5) is 50.0. The Labute approximate surface area is 219 Å². The van der Waals surface area contributed by atoms with Crippen molar-refractivity contribution in [1.29, 1.82) is 0 Å². The van der Waals surface area contributed by atoms with Crippen LogP contribution >= 0.6 is 45.2 Å². The van der Waals surface area contributed by atoms with Gasteiger partial charge in [0.2, 0.25) is 0 Å². The summed E-state index contributed by atoms with van der Waals surface area (Å²) in [6.45, 7) is 1.60. The summed E-state index contributed by atoms with van der Waals surface area (Å²) in [5, 5.41) is 28.2. The van der Waals surface area contributed by atoms with Crippen LogP contribution in [-0.4, -0.2) is 65.4 Å². The van der Waals surface area contributed by atoms with Gasteiger partial charge in [-0.2, -0.15) is 0 Å². The van der Waals surface area contributed by atoms with E-state index >= 15 is 0 Å². The fourth-order valence-electron chi connectivity index (χ4n) is 3.65. The number of aliphatic hydroxyl groups excluding tert-OH is 3. The van der Waals surface area contributed by atoms with Crippen molar-refractivity contribution in [3.63, 3.8) is 0 Å². The predicted octanol–water partition coefficient (Wildman–Crippen LogP) is -1.02. The molecule has 0 bridgehead atoms. The smallest absolute Gasteiger partial charge is 0.330 e. The molecular weight excluding hydrogens is 682 g/mol. The van der Waals surface area contributed by atoms with Crippen molar-refractivity contribution in [3.8, 4) is 0 Å². The molecule has 13 nitrogen and oxygen atoms in total. The molecular formula is C19H24I2N4O9. The van der Waals surface area contributed by atoms with E-state index in [0.717, 1.165) is 0 Å². The highest BCUT2D eigenvalue weighted by Gasteiger charge is 2.35. The Bertz CT molecular complexity index is 1140. The third kappa shape index (κ3) is 6.05. The van der Waals surface area contributed by atoms with E-state index in [9.17, 15) is 29.4 Å². The second-order valence-corrected chi connectivity index (χ2v) is 10.1. The molecule has 0 saturated carbocycles. The van der Waals surface area contributed by atoms with Gasteiger partial charge in [0.25, 0.3) is 11.1 Å². The van der Waals surface area contributed by atoms with Crippen LogP contribution < -0.4 is 22.5 Å². The van der Waals surface area contributed by atoms with Crippen molar-refractivity contribution in [3.05, 3.63) is 61.2 Å². The number of halogens is 2. The Hall–Kier alpha value is -1.38. The molecule has 5 N–H and O–H groups in total. The van der Waals surface area contributed by atoms with E-state index in [4.69, 9.17) is 14.6 Å². The zero-order valence-corrected chi connectivity index (χ0v) is 22.2. The Balaban J connectivity index is 0.000000191. The van der Waals surface area contributed by atoms with Crippen LogP contribution in [0.25, 0.3) is 0 Å². The molecule has 34 heavy (non-hydrogen) atoms. The van der Waals surface area contributed by atoms with Crippen molar-refractivity contribution in [2.75, 3.05) is 6.61 Å². The molecule has 4 rings (SSSR count). The number of hydrogen-bond acceptors (Lipinski definition) is 9. The number of aliphatic hydroxyl groups is 3. The Morgan fingerprint density at radius 3 is 1.65 bits per heavy atom. The quantitative estimate of drug-likeness (QED) is 0.248. The van der Waals surface area contributed by atoms with Crippen LogP contribution in [0.1, 0.15) is 38.6 Å². The van der Waals surface area contributed by atoms with Crippen molar-refractivity contribution in [2.45, 2.75) is 63.1 Å². The highest BCUT2D eigenvalue weighted by atomic mass is 127. The van der Waals surface area contributed by atoms with Crippen LogP contribution in [0.5, 0.6) is 0 Å². The number of hydrogen-bond donors (Lipinski definition) is 5. The van der Waals surface area contributed by atoms with E-state index in [2.05, 4.69) is 9.97 Å². The van der Waals surface area contributed by atoms with Crippen molar-refractivity contribution >= 4 is 45.2 Å². The normalized spacial score (nSPS) is 28.5. The Kier molecular flexibility index (Phi) is 9.26. The second kappa shape index (κ2) is 11.6. The average molecular weight is 706 g/mol. The number of aromatic amines is 2. The fourth-order valence-corrected chi connectivity index (χ4v) is 4.52. The maximum Gasteiger partial charge on any atom is 0.330 e. The predicted molar refractivity (Wildman–Crippen MR) is 135 cm³/mol. The molecule has 0 aliphatic carbocycles. The van der Waals surface area contributed by atoms with Gasteiger partial charge in [-0.3, -0.25) is 28.7 Å². The van der Waals surface area contributed by atoms with Gasteiger partial charge in [-0.15, -0.1) is 0 Å². The summed E-state index contributed by atoms with van der Waals surface area (Å²) in [6.07, 6.45) is 0.570. The SMILES string of the molecule is CCC1OC(n2cc(I)c(=O)[nH]c2=O)CC1O.O=c1[nH]c(=O)n(C2CC(O)C(CO)O2)cc1I. The molecule has 2 aromatic rings. The van der Waals surface area contributed by atoms with Gasteiger partial charge in [0.05, 0.1) is 32.1 Å². The van der Waals surface area contributed by atoms with Crippen LogP contribution in [0.15, 0.2) is 31.6 Å². The molecule has 2 aliphatic heterocycles. The van der Waals surface area contributed by atoms with E-state index in [-0.39, 0.29) is 19.1 Å². The molecule has 0 aromatic carbocycles. The van der Waals surface area contributed by atoms with Crippen molar-refractivity contribution < 1.29 is 24.8 Å². The Morgan fingerprint density at radius 2 is 1.29 bits per heavy atom. The van der Waals surface area contributed by atoms with Gasteiger partial charge in [0, 0.05) is 25.2 Å². The van der Waals surface area contributed by atoms with Gasteiger partial charge in [-0.1, -0.05) is 6.92 Å². The monoisotopic (exact) mass is 706 g/mol. The van der Waals surface area contributed by atoms with Crippen LogP contribution in [-0.2, 0) is 9.47 Å². The van der Waals surface area contributed by atoms with E-state index in [0.29, 0.717) is 20.0 Å². The lowest BCUT2D eigenvalue weighted by Gasteiger charge is -2.14. The third-order valence-electron chi connectivity index (χ3n) is 5.46. The van der Waals surface area contributed by atoms with Crippen LogP contribution in [0.4, 0.5) is 0 Å². The second-order valence-electron chi connectivity index (χ2n) is 7.74. The minimum Gasteiger partial charge on any atom is -0.394 e. The third-order valence-corrected chi connectivity index (χ3v) is 7.00. The molecule has 0 spiro atoms. The molecule has 0 radical (unpaired) electrons. The van der Waals surface area contributed by atoms with Crippen LogP contribution in [0.2, 0.25) is 0 Å². The number of nitrogens with one attached hydrogen (secondary N) is 2. The highest BCUT2D eigenvalue weighted by molar-refractivity contribution is 14.1. The standard InChI is InChI=1S/C10H13IN2O4.C9H11IN2O5/c1-2-7-6(14)3-8(17-7)13-4-5(11)9(15)12-10(13)16;10-4-2-12(9(16)11-8(4)15)7-1-5(14)6(3-13)17-7/h4,6-8,14H,2-3H2,1H3,(H,12,15,16);2,5-7,13-14H,1,3H2,(H,11,15,16). The highest BCUT2D eigenvalue weighted by Crippen LogP contribution is 2.29. The molecule has 2 aromatic heterocycles. The van der Waals surface area contributed by atoms with E-state index in [1.54, 1.807) is 22.6 Å². The van der Waals surface area contributed by atoms with Gasteiger partial charge < -0.3 is 24.8 Å². The van der Waals surface area contributed by atoms with Crippen LogP contribution in [0.3, 0.4) is 0 Å². The summed E-state index contributed by atoms with van der Waals surface area (Å²) in [5.74, 6) is 0. The lowest BCUT2D eigenvalue weighted by Crippen LogP contribution is -2.33. The lowest BCUT2D eigenvalue weighted by atomic mass is 10.1. The van der Waals surface area contributed by atoms with Gasteiger partial charge in [-0.05, 0) is 51.6 Å². The van der Waals surface area contributed by atoms with E-state index in [1.807, 2.05) is 29.5 Å².